The summed E-state index contributed by atoms with van der Waals surface area (Å²) in [6.45, 7) is 6.14. The molecule has 1 aliphatic heterocycles. The van der Waals surface area contributed by atoms with Gasteiger partial charge in [-0.05, 0) is 45.2 Å². The number of hydrogen-bond acceptors (Lipinski definition) is 4. The summed E-state index contributed by atoms with van der Waals surface area (Å²) in [4.78, 5) is 19.1. The number of hydrogen-bond donors (Lipinski definition) is 1. The molecule has 1 fully saturated rings. The number of rotatable bonds is 2. The van der Waals surface area contributed by atoms with Crippen molar-refractivity contribution in [2.24, 2.45) is 11.7 Å². The third-order valence-electron chi connectivity index (χ3n) is 4.24. The van der Waals surface area contributed by atoms with Gasteiger partial charge in [0.15, 0.2) is 5.65 Å². The first-order valence-electron chi connectivity index (χ1n) is 7.41. The summed E-state index contributed by atoms with van der Waals surface area (Å²) in [5, 5.41) is 4.29. The van der Waals surface area contributed by atoms with Crippen LogP contribution < -0.4 is 5.73 Å². The van der Waals surface area contributed by atoms with Crippen LogP contribution in [0.4, 0.5) is 0 Å². The minimum Gasteiger partial charge on any atom is -0.338 e. The molecule has 6 heteroatoms. The average Bonchev–Trinajstić information content (AvgIpc) is 2.90. The Hall–Kier alpha value is -1.95. The van der Waals surface area contributed by atoms with E-state index in [1.165, 1.54) is 0 Å². The fraction of sp³-hybridized carbons (Fsp3) is 0.533. The summed E-state index contributed by atoms with van der Waals surface area (Å²) in [6.07, 6.45) is 3.59. The Bertz CT molecular complexity index is 670. The monoisotopic (exact) mass is 287 g/mol. The summed E-state index contributed by atoms with van der Waals surface area (Å²) < 4.78 is 1.73. The van der Waals surface area contributed by atoms with Crippen LogP contribution in [-0.2, 0) is 0 Å². The van der Waals surface area contributed by atoms with Gasteiger partial charge in [0.05, 0.1) is 6.20 Å². The van der Waals surface area contributed by atoms with E-state index >= 15 is 0 Å². The molecule has 0 saturated carbocycles. The molecule has 2 aromatic rings. The smallest absolute Gasteiger partial charge is 0.259 e. The lowest BCUT2D eigenvalue weighted by Gasteiger charge is -2.31. The third-order valence-corrected chi connectivity index (χ3v) is 4.24. The normalized spacial score (nSPS) is 16.6. The molecule has 0 radical (unpaired) electrons. The van der Waals surface area contributed by atoms with E-state index in [4.69, 9.17) is 5.73 Å². The first-order chi connectivity index (χ1) is 10.1. The Morgan fingerprint density at radius 3 is 2.76 bits per heavy atom. The van der Waals surface area contributed by atoms with Crippen LogP contribution >= 0.6 is 0 Å². The van der Waals surface area contributed by atoms with Crippen molar-refractivity contribution in [3.8, 4) is 0 Å². The molecule has 3 rings (SSSR count). The second-order valence-electron chi connectivity index (χ2n) is 5.80. The molecule has 0 bridgehead atoms. The highest BCUT2D eigenvalue weighted by atomic mass is 16.2. The van der Waals surface area contributed by atoms with E-state index in [1.54, 1.807) is 10.7 Å². The summed E-state index contributed by atoms with van der Waals surface area (Å²) in [6, 6.07) is 1.96. The number of carbonyl (C=O) groups excluding carboxylic acids is 1. The summed E-state index contributed by atoms with van der Waals surface area (Å²) in [5.41, 5.74) is 8.83. The average molecular weight is 287 g/mol. The number of fused-ring (bicyclic) bond motifs is 1. The van der Waals surface area contributed by atoms with Crippen molar-refractivity contribution in [1.82, 2.24) is 19.5 Å². The van der Waals surface area contributed by atoms with E-state index in [9.17, 15) is 4.79 Å². The molecule has 1 aliphatic rings. The maximum Gasteiger partial charge on any atom is 0.259 e. The van der Waals surface area contributed by atoms with Gasteiger partial charge in [-0.2, -0.15) is 5.10 Å². The van der Waals surface area contributed by atoms with Gasteiger partial charge >= 0.3 is 0 Å². The van der Waals surface area contributed by atoms with Crippen LogP contribution in [0.3, 0.4) is 0 Å². The van der Waals surface area contributed by atoms with Crippen molar-refractivity contribution < 1.29 is 4.79 Å². The number of carbonyl (C=O) groups is 1. The number of nitrogens with zero attached hydrogens (tertiary/aromatic N) is 4. The fourth-order valence-corrected chi connectivity index (χ4v) is 2.96. The maximum absolute atomic E-state index is 12.7. The molecule has 0 atom stereocenters. The summed E-state index contributed by atoms with van der Waals surface area (Å²) in [7, 11) is 0. The zero-order valence-electron chi connectivity index (χ0n) is 12.5. The minimum absolute atomic E-state index is 0.0259. The van der Waals surface area contributed by atoms with Gasteiger partial charge in [-0.15, -0.1) is 0 Å². The fourth-order valence-electron chi connectivity index (χ4n) is 2.96. The Labute approximate surface area is 123 Å². The van der Waals surface area contributed by atoms with E-state index in [-0.39, 0.29) is 5.91 Å². The van der Waals surface area contributed by atoms with Crippen LogP contribution in [0.5, 0.6) is 0 Å². The number of nitrogens with two attached hydrogens (primary N) is 1. The van der Waals surface area contributed by atoms with Gasteiger partial charge in [0, 0.05) is 24.5 Å². The Morgan fingerprint density at radius 2 is 2.10 bits per heavy atom. The molecule has 3 heterocycles. The molecule has 21 heavy (non-hydrogen) atoms. The topological polar surface area (TPSA) is 76.5 Å². The third kappa shape index (κ3) is 2.51. The maximum atomic E-state index is 12.7. The first-order valence-corrected chi connectivity index (χ1v) is 7.41. The van der Waals surface area contributed by atoms with Crippen molar-refractivity contribution >= 4 is 11.6 Å². The highest BCUT2D eigenvalue weighted by Gasteiger charge is 2.25. The van der Waals surface area contributed by atoms with Crippen molar-refractivity contribution in [2.75, 3.05) is 19.6 Å². The van der Waals surface area contributed by atoms with Crippen LogP contribution in [0.1, 0.15) is 34.6 Å². The molecule has 6 nitrogen and oxygen atoms in total. The number of aryl methyl sites for hydroxylation is 2. The van der Waals surface area contributed by atoms with Gasteiger partial charge in [0.1, 0.15) is 5.56 Å². The van der Waals surface area contributed by atoms with Crippen molar-refractivity contribution in [1.29, 1.82) is 0 Å². The first kappa shape index (κ1) is 14.0. The lowest BCUT2D eigenvalue weighted by molar-refractivity contribution is 0.0695. The van der Waals surface area contributed by atoms with Gasteiger partial charge in [0.2, 0.25) is 0 Å². The standard InChI is InChI=1S/C15H21N5O/c1-10-7-11(2)20-14(18-10)13(9-17-20)15(21)19-5-3-12(8-16)4-6-19/h7,9,12H,3-6,8,16H2,1-2H3. The molecule has 112 valence electrons. The number of aromatic nitrogens is 3. The van der Waals surface area contributed by atoms with Crippen molar-refractivity contribution in [3.63, 3.8) is 0 Å². The summed E-state index contributed by atoms with van der Waals surface area (Å²) >= 11 is 0. The Balaban J connectivity index is 1.89. The van der Waals surface area contributed by atoms with Crippen LogP contribution in [-0.4, -0.2) is 45.0 Å². The molecule has 2 N–H and O–H groups in total. The Morgan fingerprint density at radius 1 is 1.38 bits per heavy atom. The van der Waals surface area contributed by atoms with E-state index in [0.29, 0.717) is 23.7 Å². The van der Waals surface area contributed by atoms with Gasteiger partial charge in [-0.3, -0.25) is 4.79 Å². The second kappa shape index (κ2) is 5.44. The van der Waals surface area contributed by atoms with Gasteiger partial charge in [0.25, 0.3) is 5.91 Å². The molecular weight excluding hydrogens is 266 g/mol. The molecule has 1 saturated heterocycles. The molecule has 1 amide bonds. The number of piperidine rings is 1. The molecule has 0 spiro atoms. The molecular formula is C15H21N5O. The lowest BCUT2D eigenvalue weighted by atomic mass is 9.97. The van der Waals surface area contributed by atoms with Crippen LogP contribution in [0.25, 0.3) is 5.65 Å². The largest absolute Gasteiger partial charge is 0.338 e. The van der Waals surface area contributed by atoms with Gasteiger partial charge in [-0.1, -0.05) is 0 Å². The highest BCUT2D eigenvalue weighted by molar-refractivity contribution is 5.99. The van der Waals surface area contributed by atoms with E-state index in [1.807, 2.05) is 24.8 Å². The molecule has 0 unspecified atom stereocenters. The molecule has 0 aromatic carbocycles. The minimum atomic E-state index is 0.0259. The zero-order valence-corrected chi connectivity index (χ0v) is 12.5. The van der Waals surface area contributed by atoms with E-state index < -0.39 is 0 Å². The number of amides is 1. The lowest BCUT2D eigenvalue weighted by Crippen LogP contribution is -2.40. The van der Waals surface area contributed by atoms with E-state index in [2.05, 4.69) is 10.1 Å². The second-order valence-corrected chi connectivity index (χ2v) is 5.80. The highest BCUT2D eigenvalue weighted by Crippen LogP contribution is 2.20. The quantitative estimate of drug-likeness (QED) is 0.899. The van der Waals surface area contributed by atoms with Crippen LogP contribution in [0.2, 0.25) is 0 Å². The van der Waals surface area contributed by atoms with Crippen LogP contribution in [0, 0.1) is 19.8 Å². The molecule has 2 aromatic heterocycles. The van der Waals surface area contributed by atoms with Crippen molar-refractivity contribution in [3.05, 3.63) is 29.2 Å². The predicted octanol–water partition coefficient (Wildman–Crippen LogP) is 1.16. The van der Waals surface area contributed by atoms with Gasteiger partial charge in [-0.25, -0.2) is 9.50 Å². The van der Waals surface area contributed by atoms with Gasteiger partial charge < -0.3 is 10.6 Å². The van der Waals surface area contributed by atoms with Crippen molar-refractivity contribution in [2.45, 2.75) is 26.7 Å². The molecule has 0 aliphatic carbocycles. The number of likely N-dealkylation sites (tertiary alicyclic amines) is 1. The zero-order chi connectivity index (χ0) is 15.0. The predicted molar refractivity (Wildman–Crippen MR) is 80.1 cm³/mol. The Kier molecular flexibility index (Phi) is 3.63. The van der Waals surface area contributed by atoms with Crippen LogP contribution in [0.15, 0.2) is 12.3 Å². The van der Waals surface area contributed by atoms with E-state index in [0.717, 1.165) is 37.3 Å². The SMILES string of the molecule is Cc1cc(C)n2ncc(C(=O)N3CCC(CN)CC3)c2n1. The summed E-state index contributed by atoms with van der Waals surface area (Å²) in [5.74, 6) is 0.568.